The maximum absolute atomic E-state index is 13.1. The zero-order valence-corrected chi connectivity index (χ0v) is 15.4. The van der Waals surface area contributed by atoms with Crippen molar-refractivity contribution >= 4 is 17.5 Å². The van der Waals surface area contributed by atoms with Crippen molar-refractivity contribution in [2.24, 2.45) is 35.5 Å². The number of rotatable bonds is 4. The molecule has 0 radical (unpaired) electrons. The normalized spacial score (nSPS) is 34.4. The van der Waals surface area contributed by atoms with Crippen LogP contribution >= 0.6 is 0 Å². The number of carbonyl (C=O) groups is 2. The molecule has 2 amide bonds. The number of allylic oxidation sites excluding steroid dienone is 2. The first kappa shape index (κ1) is 16.1. The van der Waals surface area contributed by atoms with Gasteiger partial charge in [-0.15, -0.1) is 0 Å². The van der Waals surface area contributed by atoms with E-state index in [9.17, 15) is 9.59 Å². The molecule has 1 heterocycles. The van der Waals surface area contributed by atoms with Gasteiger partial charge in [-0.05, 0) is 59.9 Å². The van der Waals surface area contributed by atoms with Gasteiger partial charge in [0.15, 0.2) is 0 Å². The van der Waals surface area contributed by atoms with Gasteiger partial charge in [0.1, 0.15) is 12.4 Å². The number of hydrogen-bond donors (Lipinski definition) is 0. The van der Waals surface area contributed by atoms with Gasteiger partial charge in [-0.3, -0.25) is 14.5 Å². The molecular weight excluding hydrogens is 350 g/mol. The molecular formula is C24H21NO3. The van der Waals surface area contributed by atoms with Crippen LogP contribution in [-0.4, -0.2) is 11.8 Å². The molecule has 140 valence electrons. The van der Waals surface area contributed by atoms with Gasteiger partial charge >= 0.3 is 0 Å². The lowest BCUT2D eigenvalue weighted by Crippen LogP contribution is -2.40. The fraction of sp³-hybridized carbons (Fsp3) is 0.333. The van der Waals surface area contributed by atoms with Crippen molar-refractivity contribution in [2.45, 2.75) is 13.0 Å². The number of benzene rings is 2. The van der Waals surface area contributed by atoms with E-state index >= 15 is 0 Å². The van der Waals surface area contributed by atoms with Crippen LogP contribution in [0.25, 0.3) is 0 Å². The van der Waals surface area contributed by atoms with Gasteiger partial charge in [-0.2, -0.15) is 0 Å². The van der Waals surface area contributed by atoms with Crippen molar-refractivity contribution in [3.05, 3.63) is 72.3 Å². The predicted octanol–water partition coefficient (Wildman–Crippen LogP) is 3.82. The summed E-state index contributed by atoms with van der Waals surface area (Å²) in [5, 5.41) is 0. The maximum Gasteiger partial charge on any atom is 0.238 e. The molecule has 4 nitrogen and oxygen atoms in total. The lowest BCUT2D eigenvalue weighted by Gasteiger charge is -2.37. The SMILES string of the molecule is O=C1[C@@H]2[C@H]3C=C[C@@H]([C@@H]4C[C@@H]34)[C@H]2C(=O)N1c1ccc(OCc2ccccc2)cc1. The molecule has 3 fully saturated rings. The number of ether oxygens (including phenoxy) is 1. The topological polar surface area (TPSA) is 46.6 Å². The Bertz CT molecular complexity index is 945. The van der Waals surface area contributed by atoms with Crippen molar-refractivity contribution in [1.82, 2.24) is 0 Å². The summed E-state index contributed by atoms with van der Waals surface area (Å²) in [6.07, 6.45) is 5.59. The number of hydrogen-bond acceptors (Lipinski definition) is 3. The Morgan fingerprint density at radius 1 is 0.821 bits per heavy atom. The van der Waals surface area contributed by atoms with Crippen LogP contribution < -0.4 is 9.64 Å². The Labute approximate surface area is 163 Å². The average molecular weight is 371 g/mol. The highest BCUT2D eigenvalue weighted by Crippen LogP contribution is 2.65. The Balaban J connectivity index is 1.22. The summed E-state index contributed by atoms with van der Waals surface area (Å²) in [5.41, 5.74) is 1.76. The Morgan fingerprint density at radius 3 is 2.04 bits per heavy atom. The van der Waals surface area contributed by atoms with Gasteiger partial charge in [0, 0.05) is 0 Å². The molecule has 0 spiro atoms. The van der Waals surface area contributed by atoms with Crippen molar-refractivity contribution in [1.29, 1.82) is 0 Å². The van der Waals surface area contributed by atoms with Gasteiger partial charge in [0.25, 0.3) is 0 Å². The number of amides is 2. The Hall–Kier alpha value is -2.88. The third-order valence-electron chi connectivity index (χ3n) is 7.01. The molecule has 4 aliphatic carbocycles. The summed E-state index contributed by atoms with van der Waals surface area (Å²) in [7, 11) is 0. The second-order valence-corrected chi connectivity index (χ2v) is 8.43. The van der Waals surface area contributed by atoms with Gasteiger partial charge in [-0.1, -0.05) is 42.5 Å². The first-order chi connectivity index (χ1) is 13.7. The molecule has 6 atom stereocenters. The summed E-state index contributed by atoms with van der Waals surface area (Å²) < 4.78 is 5.82. The first-order valence-electron chi connectivity index (χ1n) is 10.1. The third kappa shape index (κ3) is 2.24. The van der Waals surface area contributed by atoms with Crippen molar-refractivity contribution < 1.29 is 14.3 Å². The smallest absolute Gasteiger partial charge is 0.238 e. The van der Waals surface area contributed by atoms with Crippen LogP contribution in [0.2, 0.25) is 0 Å². The van der Waals surface area contributed by atoms with Gasteiger partial charge in [-0.25, -0.2) is 0 Å². The molecule has 2 aromatic carbocycles. The first-order valence-corrected chi connectivity index (χ1v) is 10.1. The van der Waals surface area contributed by atoms with E-state index in [1.165, 1.54) is 11.3 Å². The highest BCUT2D eigenvalue weighted by Gasteiger charge is 2.67. The zero-order chi connectivity index (χ0) is 18.8. The van der Waals surface area contributed by atoms with E-state index in [-0.39, 0.29) is 35.5 Å². The summed E-state index contributed by atoms with van der Waals surface area (Å²) in [6.45, 7) is 0.490. The molecule has 2 bridgehead atoms. The lowest BCUT2D eigenvalue weighted by molar-refractivity contribution is -0.124. The monoisotopic (exact) mass is 371 g/mol. The minimum Gasteiger partial charge on any atom is -0.489 e. The van der Waals surface area contributed by atoms with E-state index < -0.39 is 0 Å². The molecule has 2 aromatic rings. The highest BCUT2D eigenvalue weighted by molar-refractivity contribution is 6.22. The van der Waals surface area contributed by atoms with Crippen molar-refractivity contribution in [3.63, 3.8) is 0 Å². The zero-order valence-electron chi connectivity index (χ0n) is 15.4. The number of imide groups is 1. The van der Waals surface area contributed by atoms with Crippen LogP contribution in [0.1, 0.15) is 12.0 Å². The predicted molar refractivity (Wildman–Crippen MR) is 104 cm³/mol. The van der Waals surface area contributed by atoms with E-state index in [0.29, 0.717) is 24.1 Å². The summed E-state index contributed by atoms with van der Waals surface area (Å²) >= 11 is 0. The van der Waals surface area contributed by atoms with Crippen LogP contribution in [0.3, 0.4) is 0 Å². The van der Waals surface area contributed by atoms with Crippen molar-refractivity contribution in [2.75, 3.05) is 4.90 Å². The van der Waals surface area contributed by atoms with Crippen LogP contribution in [0.5, 0.6) is 5.75 Å². The molecule has 1 aliphatic heterocycles. The van der Waals surface area contributed by atoms with Crippen LogP contribution in [0.15, 0.2) is 66.7 Å². The fourth-order valence-corrected chi connectivity index (χ4v) is 5.64. The molecule has 5 aliphatic rings. The second-order valence-electron chi connectivity index (χ2n) is 8.43. The number of nitrogens with zero attached hydrogens (tertiary/aromatic N) is 1. The molecule has 1 saturated heterocycles. The number of anilines is 1. The van der Waals surface area contributed by atoms with Crippen LogP contribution in [-0.2, 0) is 16.2 Å². The van der Waals surface area contributed by atoms with Gasteiger partial charge in [0.2, 0.25) is 11.8 Å². The summed E-state index contributed by atoms with van der Waals surface area (Å²) in [6, 6.07) is 17.3. The van der Waals surface area contributed by atoms with E-state index in [1.807, 2.05) is 54.6 Å². The van der Waals surface area contributed by atoms with Gasteiger partial charge < -0.3 is 4.74 Å². The standard InChI is InChI=1S/C24H21NO3/c26-23-21-17-10-11-18(20-12-19(17)20)22(21)24(27)25(23)15-6-8-16(9-7-15)28-13-14-4-2-1-3-5-14/h1-11,17-22H,12-13H2/t17-,18-,19-,20-,21+,22+/m0/s1. The minimum atomic E-state index is -0.153. The fourth-order valence-electron chi connectivity index (χ4n) is 5.64. The lowest BCUT2D eigenvalue weighted by atomic mass is 9.63. The second kappa shape index (κ2) is 5.81. The Kier molecular flexibility index (Phi) is 3.34. The van der Waals surface area contributed by atoms with E-state index in [2.05, 4.69) is 12.2 Å². The average Bonchev–Trinajstić information content (AvgIpc) is 3.52. The quantitative estimate of drug-likeness (QED) is 0.606. The third-order valence-corrected chi connectivity index (χ3v) is 7.01. The molecule has 28 heavy (non-hydrogen) atoms. The van der Waals surface area contributed by atoms with E-state index in [0.717, 1.165) is 11.3 Å². The summed E-state index contributed by atoms with van der Waals surface area (Å²) in [4.78, 5) is 27.7. The molecule has 4 heteroatoms. The minimum absolute atomic E-state index is 0.0161. The van der Waals surface area contributed by atoms with E-state index in [4.69, 9.17) is 4.74 Å². The van der Waals surface area contributed by atoms with Crippen LogP contribution in [0, 0.1) is 35.5 Å². The highest BCUT2D eigenvalue weighted by atomic mass is 16.5. The molecule has 0 N–H and O–H groups in total. The molecule has 2 saturated carbocycles. The molecule has 0 unspecified atom stereocenters. The molecule has 0 aromatic heterocycles. The van der Waals surface area contributed by atoms with E-state index in [1.54, 1.807) is 0 Å². The summed E-state index contributed by atoms with van der Waals surface area (Å²) in [5.74, 6) is 2.16. The Morgan fingerprint density at radius 2 is 1.43 bits per heavy atom. The largest absolute Gasteiger partial charge is 0.489 e. The number of carbonyl (C=O) groups excluding carboxylic acids is 2. The van der Waals surface area contributed by atoms with Crippen molar-refractivity contribution in [3.8, 4) is 5.75 Å². The molecule has 7 rings (SSSR count). The van der Waals surface area contributed by atoms with Crippen LogP contribution in [0.4, 0.5) is 5.69 Å². The maximum atomic E-state index is 13.1. The van der Waals surface area contributed by atoms with Gasteiger partial charge in [0.05, 0.1) is 17.5 Å².